The molecular formula is C8H9NO7S. The third-order valence-corrected chi connectivity index (χ3v) is 4.04. The summed E-state index contributed by atoms with van der Waals surface area (Å²) < 4.78 is 29.1. The van der Waals surface area contributed by atoms with E-state index in [9.17, 15) is 23.3 Å². The minimum Gasteiger partial charge on any atom is -0.478 e. The second-order valence-corrected chi connectivity index (χ2v) is 5.48. The van der Waals surface area contributed by atoms with Crippen LogP contribution in [-0.4, -0.2) is 39.8 Å². The maximum Gasteiger partial charge on any atom is 0.335 e. The summed E-state index contributed by atoms with van der Waals surface area (Å²) in [7, 11) is -4.73. The number of hydrogen-bond acceptors (Lipinski definition) is 5. The normalized spacial score (nSPS) is 28.6. The molecule has 9 heteroatoms. The van der Waals surface area contributed by atoms with E-state index < -0.39 is 37.4 Å². The fraction of sp³-hybridized carbons (Fsp3) is 0.375. The zero-order valence-electron chi connectivity index (χ0n) is 8.60. The van der Waals surface area contributed by atoms with Gasteiger partial charge in [0, 0.05) is 11.0 Å². The second-order valence-electron chi connectivity index (χ2n) is 3.65. The first-order valence-electron chi connectivity index (χ1n) is 4.34. The van der Waals surface area contributed by atoms with Crippen LogP contribution in [0, 0.1) is 10.1 Å². The van der Waals surface area contributed by atoms with Gasteiger partial charge < -0.3 is 5.11 Å². The number of hydrogen-bond donors (Lipinski definition) is 2. The van der Waals surface area contributed by atoms with Crippen molar-refractivity contribution in [1.29, 1.82) is 0 Å². The fourth-order valence-electron chi connectivity index (χ4n) is 1.40. The Balaban J connectivity index is 3.37. The van der Waals surface area contributed by atoms with Gasteiger partial charge in [-0.1, -0.05) is 6.08 Å². The molecule has 0 heterocycles. The summed E-state index contributed by atoms with van der Waals surface area (Å²) in [5, 5.41) is 19.4. The topological polar surface area (TPSA) is 135 Å². The van der Waals surface area contributed by atoms with Crippen LogP contribution in [-0.2, 0) is 14.9 Å². The van der Waals surface area contributed by atoms with Gasteiger partial charge in [0.1, 0.15) is 0 Å². The molecule has 0 bridgehead atoms. The predicted molar refractivity (Wildman–Crippen MR) is 55.6 cm³/mol. The fourth-order valence-corrected chi connectivity index (χ4v) is 2.10. The molecule has 0 aromatic rings. The SMILES string of the molecule is CC1(S(=O)(=O)O)C=CC(C(=O)O)=CC1[N+](=O)[O-]. The molecular weight excluding hydrogens is 254 g/mol. The van der Waals surface area contributed by atoms with Gasteiger partial charge in [-0.25, -0.2) is 4.79 Å². The van der Waals surface area contributed by atoms with Gasteiger partial charge in [-0.3, -0.25) is 14.7 Å². The standard InChI is InChI=1S/C8H9NO7S/c1-8(17(14,15)16)3-2-5(7(10)11)4-6(8)9(12)13/h2-4,6H,1H3,(H,10,11)(H,14,15,16). The molecule has 2 N–H and O–H groups in total. The Morgan fingerprint density at radius 2 is 2.12 bits per heavy atom. The quantitative estimate of drug-likeness (QED) is 0.411. The molecule has 0 spiro atoms. The van der Waals surface area contributed by atoms with Crippen LogP contribution in [0.15, 0.2) is 23.8 Å². The lowest BCUT2D eigenvalue weighted by Gasteiger charge is -2.26. The molecule has 0 radical (unpaired) electrons. The summed E-state index contributed by atoms with van der Waals surface area (Å²) in [6, 6.07) is -1.85. The first kappa shape index (κ1) is 13.3. The Hall–Kier alpha value is -1.74. The molecule has 1 aliphatic rings. The molecule has 17 heavy (non-hydrogen) atoms. The third kappa shape index (κ3) is 2.19. The molecule has 0 amide bonds. The highest BCUT2D eigenvalue weighted by atomic mass is 32.2. The summed E-state index contributed by atoms with van der Waals surface area (Å²) >= 11 is 0. The minimum atomic E-state index is -4.73. The number of carbonyl (C=O) groups is 1. The molecule has 2 atom stereocenters. The average Bonchev–Trinajstić information content (AvgIpc) is 2.15. The van der Waals surface area contributed by atoms with Crippen LogP contribution in [0.3, 0.4) is 0 Å². The van der Waals surface area contributed by atoms with Crippen molar-refractivity contribution in [3.05, 3.63) is 33.9 Å². The van der Waals surface area contributed by atoms with Crippen LogP contribution < -0.4 is 0 Å². The van der Waals surface area contributed by atoms with E-state index in [4.69, 9.17) is 9.66 Å². The van der Waals surface area contributed by atoms with E-state index in [0.717, 1.165) is 19.1 Å². The largest absolute Gasteiger partial charge is 0.478 e. The Morgan fingerprint density at radius 3 is 2.47 bits per heavy atom. The summed E-state index contributed by atoms with van der Waals surface area (Å²) in [6.45, 7) is 0.946. The maximum atomic E-state index is 11.1. The molecule has 0 saturated carbocycles. The number of rotatable bonds is 3. The van der Waals surface area contributed by atoms with Gasteiger partial charge in [0.2, 0.25) is 0 Å². The van der Waals surface area contributed by atoms with Crippen LogP contribution in [0.25, 0.3) is 0 Å². The van der Waals surface area contributed by atoms with Gasteiger partial charge in [-0.05, 0) is 13.0 Å². The summed E-state index contributed by atoms with van der Waals surface area (Å²) in [6.07, 6.45) is 2.41. The summed E-state index contributed by atoms with van der Waals surface area (Å²) in [4.78, 5) is 20.4. The van der Waals surface area contributed by atoms with Crippen molar-refractivity contribution in [3.8, 4) is 0 Å². The van der Waals surface area contributed by atoms with E-state index in [1.165, 1.54) is 0 Å². The predicted octanol–water partition coefficient (Wildman–Crippen LogP) is -0.141. The molecule has 0 saturated heterocycles. The van der Waals surface area contributed by atoms with E-state index in [-0.39, 0.29) is 0 Å². The van der Waals surface area contributed by atoms with Crippen molar-refractivity contribution in [2.75, 3.05) is 0 Å². The first-order chi connectivity index (χ1) is 7.59. The molecule has 0 fully saturated rings. The molecule has 0 aliphatic heterocycles. The molecule has 2 unspecified atom stereocenters. The number of nitrogens with zero attached hydrogens (tertiary/aromatic N) is 1. The van der Waals surface area contributed by atoms with Crippen molar-refractivity contribution in [3.63, 3.8) is 0 Å². The van der Waals surface area contributed by atoms with Crippen molar-refractivity contribution in [2.45, 2.75) is 17.7 Å². The number of carboxylic acids is 1. The molecule has 1 rings (SSSR count). The highest BCUT2D eigenvalue weighted by molar-refractivity contribution is 7.87. The highest BCUT2D eigenvalue weighted by Crippen LogP contribution is 2.30. The molecule has 0 aromatic heterocycles. The van der Waals surface area contributed by atoms with Crippen molar-refractivity contribution < 1.29 is 27.8 Å². The van der Waals surface area contributed by atoms with E-state index in [1.54, 1.807) is 0 Å². The molecule has 0 aromatic carbocycles. The van der Waals surface area contributed by atoms with Crippen LogP contribution in [0.5, 0.6) is 0 Å². The Morgan fingerprint density at radius 1 is 1.59 bits per heavy atom. The lowest BCUT2D eigenvalue weighted by molar-refractivity contribution is -0.513. The average molecular weight is 263 g/mol. The first-order valence-corrected chi connectivity index (χ1v) is 5.78. The smallest absolute Gasteiger partial charge is 0.335 e. The summed E-state index contributed by atoms with van der Waals surface area (Å²) in [5.74, 6) is -1.41. The second kappa shape index (κ2) is 3.93. The van der Waals surface area contributed by atoms with Crippen LogP contribution in [0.1, 0.15) is 6.92 Å². The van der Waals surface area contributed by atoms with Crippen molar-refractivity contribution >= 4 is 16.1 Å². The number of carboxylic acid groups (broad SMARTS) is 1. The Kier molecular flexibility index (Phi) is 3.08. The Labute approximate surface area is 96.1 Å². The van der Waals surface area contributed by atoms with E-state index in [0.29, 0.717) is 6.08 Å². The van der Waals surface area contributed by atoms with Gasteiger partial charge in [-0.15, -0.1) is 0 Å². The lowest BCUT2D eigenvalue weighted by Crippen LogP contribution is -2.49. The molecule has 8 nitrogen and oxygen atoms in total. The van der Waals surface area contributed by atoms with Crippen LogP contribution in [0.2, 0.25) is 0 Å². The molecule has 1 aliphatic carbocycles. The monoisotopic (exact) mass is 263 g/mol. The zero-order chi connectivity index (χ0) is 13.4. The lowest BCUT2D eigenvalue weighted by atomic mass is 9.93. The van der Waals surface area contributed by atoms with Crippen molar-refractivity contribution in [2.24, 2.45) is 0 Å². The maximum absolute atomic E-state index is 11.1. The van der Waals surface area contributed by atoms with Crippen LogP contribution >= 0.6 is 0 Å². The number of aliphatic carboxylic acids is 1. The third-order valence-electron chi connectivity index (χ3n) is 2.55. The van der Waals surface area contributed by atoms with Gasteiger partial charge in [0.15, 0.2) is 4.75 Å². The highest BCUT2D eigenvalue weighted by Gasteiger charge is 2.52. The van der Waals surface area contributed by atoms with Gasteiger partial charge in [0.05, 0.1) is 5.57 Å². The Bertz CT molecular complexity index is 532. The summed E-state index contributed by atoms with van der Waals surface area (Å²) in [5.41, 5.74) is -0.396. The zero-order valence-corrected chi connectivity index (χ0v) is 9.42. The van der Waals surface area contributed by atoms with Gasteiger partial charge >= 0.3 is 5.97 Å². The minimum absolute atomic E-state index is 0.396. The van der Waals surface area contributed by atoms with E-state index >= 15 is 0 Å². The van der Waals surface area contributed by atoms with Gasteiger partial charge in [-0.2, -0.15) is 8.42 Å². The molecule has 94 valence electrons. The van der Waals surface area contributed by atoms with Crippen LogP contribution in [0.4, 0.5) is 0 Å². The van der Waals surface area contributed by atoms with E-state index in [1.807, 2.05) is 0 Å². The van der Waals surface area contributed by atoms with E-state index in [2.05, 4.69) is 0 Å². The number of nitro groups is 1. The van der Waals surface area contributed by atoms with Gasteiger partial charge in [0.25, 0.3) is 16.2 Å². The van der Waals surface area contributed by atoms with Crippen molar-refractivity contribution in [1.82, 2.24) is 0 Å².